The summed E-state index contributed by atoms with van der Waals surface area (Å²) in [6.45, 7) is 2.64. The summed E-state index contributed by atoms with van der Waals surface area (Å²) < 4.78 is 0. The number of carbonyl (C=O) groups is 1. The number of nitrogens with one attached hydrogen (secondary N) is 2. The number of rotatable bonds is 4. The Morgan fingerprint density at radius 3 is 3.19 bits per heavy atom. The lowest BCUT2D eigenvalue weighted by molar-refractivity contribution is 0.0941. The number of hydrogen-bond donors (Lipinski definition) is 2. The molecule has 0 spiro atoms. The number of carbonyl (C=O) groups excluding carboxylic acids is 1. The second kappa shape index (κ2) is 4.89. The van der Waals surface area contributed by atoms with Crippen molar-refractivity contribution in [1.82, 2.24) is 20.5 Å². The van der Waals surface area contributed by atoms with Gasteiger partial charge < -0.3 is 5.32 Å². The molecular weight excluding hydrogens is 224 g/mol. The van der Waals surface area contributed by atoms with Gasteiger partial charge in [0.2, 0.25) is 5.82 Å². The highest BCUT2D eigenvalue weighted by molar-refractivity contribution is 7.10. The average molecular weight is 236 g/mol. The van der Waals surface area contributed by atoms with Crippen LogP contribution in [0.4, 0.5) is 0 Å². The lowest BCUT2D eigenvalue weighted by Crippen LogP contribution is -2.23. The summed E-state index contributed by atoms with van der Waals surface area (Å²) in [7, 11) is 0. The summed E-state index contributed by atoms with van der Waals surface area (Å²) in [5.41, 5.74) is 1.28. The molecule has 0 unspecified atom stereocenters. The molecule has 0 bridgehead atoms. The maximum absolute atomic E-state index is 11.6. The zero-order chi connectivity index (χ0) is 11.4. The molecule has 0 aliphatic heterocycles. The topological polar surface area (TPSA) is 70.7 Å². The average Bonchev–Trinajstić information content (AvgIpc) is 2.96. The first-order valence-corrected chi connectivity index (χ1v) is 5.88. The van der Waals surface area contributed by atoms with Gasteiger partial charge in [-0.25, -0.2) is 4.98 Å². The van der Waals surface area contributed by atoms with Gasteiger partial charge in [0.15, 0.2) is 0 Å². The molecule has 0 aliphatic carbocycles. The Hall–Kier alpha value is -1.69. The van der Waals surface area contributed by atoms with Crippen molar-refractivity contribution in [1.29, 1.82) is 0 Å². The van der Waals surface area contributed by atoms with Gasteiger partial charge >= 0.3 is 0 Å². The standard InChI is InChI=1S/C10H12N4OS/c1-2-7-3-4-16-8(7)5-11-10(15)9-12-6-13-14-9/h3-4,6H,2,5H2,1H3,(H,11,15)(H,12,13,14). The Morgan fingerprint density at radius 1 is 1.62 bits per heavy atom. The summed E-state index contributed by atoms with van der Waals surface area (Å²) in [6.07, 6.45) is 2.30. The molecule has 0 atom stereocenters. The van der Waals surface area contributed by atoms with E-state index in [1.807, 2.05) is 5.38 Å². The van der Waals surface area contributed by atoms with Crippen LogP contribution in [0.2, 0.25) is 0 Å². The Balaban J connectivity index is 1.95. The van der Waals surface area contributed by atoms with Gasteiger partial charge in [0.1, 0.15) is 6.33 Å². The van der Waals surface area contributed by atoms with Crippen molar-refractivity contribution in [3.8, 4) is 0 Å². The number of aromatic nitrogens is 3. The number of nitrogens with zero attached hydrogens (tertiary/aromatic N) is 2. The van der Waals surface area contributed by atoms with Gasteiger partial charge in [-0.2, -0.15) is 5.10 Å². The van der Waals surface area contributed by atoms with E-state index < -0.39 is 0 Å². The predicted octanol–water partition coefficient (Wildman–Crippen LogP) is 1.36. The van der Waals surface area contributed by atoms with Crippen LogP contribution in [0.1, 0.15) is 28.0 Å². The normalized spacial score (nSPS) is 10.3. The quantitative estimate of drug-likeness (QED) is 0.842. The summed E-state index contributed by atoms with van der Waals surface area (Å²) in [5, 5.41) is 11.0. The first-order chi connectivity index (χ1) is 7.81. The molecule has 2 aromatic heterocycles. The van der Waals surface area contributed by atoms with E-state index in [0.717, 1.165) is 6.42 Å². The van der Waals surface area contributed by atoms with Crippen LogP contribution in [0.25, 0.3) is 0 Å². The van der Waals surface area contributed by atoms with E-state index >= 15 is 0 Å². The van der Waals surface area contributed by atoms with Gasteiger partial charge in [0.05, 0.1) is 6.54 Å². The fraction of sp³-hybridized carbons (Fsp3) is 0.300. The maximum Gasteiger partial charge on any atom is 0.288 e. The Labute approximate surface area is 96.9 Å². The van der Waals surface area contributed by atoms with Crippen LogP contribution < -0.4 is 5.32 Å². The first kappa shape index (κ1) is 10.8. The molecule has 84 valence electrons. The van der Waals surface area contributed by atoms with E-state index in [9.17, 15) is 4.79 Å². The largest absolute Gasteiger partial charge is 0.344 e. The van der Waals surface area contributed by atoms with Crippen LogP contribution in [0.5, 0.6) is 0 Å². The molecule has 2 rings (SSSR count). The van der Waals surface area contributed by atoms with E-state index in [1.165, 1.54) is 16.8 Å². The molecule has 1 amide bonds. The van der Waals surface area contributed by atoms with Crippen molar-refractivity contribution in [2.24, 2.45) is 0 Å². The number of amides is 1. The highest BCUT2D eigenvalue weighted by Crippen LogP contribution is 2.16. The third kappa shape index (κ3) is 2.27. The van der Waals surface area contributed by atoms with Gasteiger partial charge in [0, 0.05) is 4.88 Å². The van der Waals surface area contributed by atoms with Crippen molar-refractivity contribution in [3.05, 3.63) is 34.0 Å². The first-order valence-electron chi connectivity index (χ1n) is 5.00. The van der Waals surface area contributed by atoms with Crippen molar-refractivity contribution in [2.45, 2.75) is 19.9 Å². The molecule has 0 saturated heterocycles. The van der Waals surface area contributed by atoms with Gasteiger partial charge in [-0.3, -0.25) is 9.89 Å². The lowest BCUT2D eigenvalue weighted by Gasteiger charge is -2.02. The minimum Gasteiger partial charge on any atom is -0.344 e. The number of aryl methyl sites for hydroxylation is 1. The number of hydrogen-bond acceptors (Lipinski definition) is 4. The molecule has 5 nitrogen and oxygen atoms in total. The molecular formula is C10H12N4OS. The minimum absolute atomic E-state index is 0.229. The summed E-state index contributed by atoms with van der Waals surface area (Å²) in [5.74, 6) is 0.0163. The van der Waals surface area contributed by atoms with Crippen LogP contribution in [0.15, 0.2) is 17.8 Å². The van der Waals surface area contributed by atoms with Gasteiger partial charge in [-0.05, 0) is 23.4 Å². The molecule has 6 heteroatoms. The van der Waals surface area contributed by atoms with Crippen LogP contribution in [0, 0.1) is 0 Å². The zero-order valence-corrected chi connectivity index (χ0v) is 9.67. The van der Waals surface area contributed by atoms with Gasteiger partial charge in [-0.1, -0.05) is 6.92 Å². The monoisotopic (exact) mass is 236 g/mol. The van der Waals surface area contributed by atoms with Gasteiger partial charge in [0.25, 0.3) is 5.91 Å². The molecule has 0 radical (unpaired) electrons. The van der Waals surface area contributed by atoms with E-state index in [2.05, 4.69) is 33.5 Å². The molecule has 0 aromatic carbocycles. The molecule has 0 aliphatic rings. The molecule has 2 aromatic rings. The second-order valence-electron chi connectivity index (χ2n) is 3.24. The van der Waals surface area contributed by atoms with Crippen LogP contribution in [-0.2, 0) is 13.0 Å². The predicted molar refractivity (Wildman–Crippen MR) is 61.2 cm³/mol. The Bertz CT molecular complexity index is 463. The SMILES string of the molecule is CCc1ccsc1CNC(=O)c1ncn[nH]1. The lowest BCUT2D eigenvalue weighted by atomic mass is 10.2. The smallest absolute Gasteiger partial charge is 0.288 e. The van der Waals surface area contributed by atoms with E-state index in [0.29, 0.717) is 6.54 Å². The summed E-state index contributed by atoms with van der Waals surface area (Å²) in [4.78, 5) is 16.5. The molecule has 2 N–H and O–H groups in total. The van der Waals surface area contributed by atoms with Gasteiger partial charge in [-0.15, -0.1) is 11.3 Å². The molecule has 0 saturated carbocycles. The minimum atomic E-state index is -0.229. The second-order valence-corrected chi connectivity index (χ2v) is 4.24. The van der Waals surface area contributed by atoms with Crippen LogP contribution in [0.3, 0.4) is 0 Å². The molecule has 2 heterocycles. The maximum atomic E-state index is 11.6. The summed E-state index contributed by atoms with van der Waals surface area (Å²) >= 11 is 1.65. The Morgan fingerprint density at radius 2 is 2.50 bits per heavy atom. The zero-order valence-electron chi connectivity index (χ0n) is 8.86. The number of thiophene rings is 1. The number of aromatic amines is 1. The highest BCUT2D eigenvalue weighted by Gasteiger charge is 2.09. The fourth-order valence-electron chi connectivity index (χ4n) is 1.40. The third-order valence-corrected chi connectivity index (χ3v) is 3.22. The molecule has 16 heavy (non-hydrogen) atoms. The fourth-order valence-corrected chi connectivity index (χ4v) is 2.31. The van der Waals surface area contributed by atoms with Crippen molar-refractivity contribution >= 4 is 17.2 Å². The van der Waals surface area contributed by atoms with E-state index in [-0.39, 0.29) is 11.7 Å². The van der Waals surface area contributed by atoms with E-state index in [1.54, 1.807) is 11.3 Å². The van der Waals surface area contributed by atoms with Crippen LogP contribution in [-0.4, -0.2) is 21.1 Å². The van der Waals surface area contributed by atoms with E-state index in [4.69, 9.17) is 0 Å². The third-order valence-electron chi connectivity index (χ3n) is 2.26. The van der Waals surface area contributed by atoms with Crippen molar-refractivity contribution in [2.75, 3.05) is 0 Å². The number of H-pyrrole nitrogens is 1. The van der Waals surface area contributed by atoms with Crippen molar-refractivity contribution in [3.63, 3.8) is 0 Å². The van der Waals surface area contributed by atoms with Crippen molar-refractivity contribution < 1.29 is 4.79 Å². The summed E-state index contributed by atoms with van der Waals surface area (Å²) in [6, 6.07) is 2.08. The highest BCUT2D eigenvalue weighted by atomic mass is 32.1. The van der Waals surface area contributed by atoms with Crippen LogP contribution >= 0.6 is 11.3 Å². The molecule has 0 fully saturated rings. The Kier molecular flexibility index (Phi) is 3.31.